The van der Waals surface area contributed by atoms with Gasteiger partial charge in [0.15, 0.2) is 0 Å². The van der Waals surface area contributed by atoms with Crippen LogP contribution in [0, 0.1) is 11.8 Å². The van der Waals surface area contributed by atoms with Crippen molar-refractivity contribution in [1.29, 1.82) is 0 Å². The van der Waals surface area contributed by atoms with Crippen molar-refractivity contribution in [1.82, 2.24) is 4.90 Å². The molecule has 1 heterocycles. The first kappa shape index (κ1) is 14.6. The third kappa shape index (κ3) is 3.04. The van der Waals surface area contributed by atoms with Gasteiger partial charge in [-0.2, -0.15) is 13.2 Å². The topological polar surface area (TPSA) is 40.5 Å². The molecule has 0 radical (unpaired) electrons. The minimum absolute atomic E-state index is 0.0649. The molecular weight excluding hydrogens is 259 g/mol. The van der Waals surface area contributed by atoms with Crippen molar-refractivity contribution in [3.05, 3.63) is 0 Å². The average Bonchev–Trinajstić information content (AvgIpc) is 2.70. The molecule has 0 spiro atoms. The Morgan fingerprint density at radius 1 is 1.16 bits per heavy atom. The van der Waals surface area contributed by atoms with Crippen molar-refractivity contribution >= 4 is 5.97 Å². The van der Waals surface area contributed by atoms with Gasteiger partial charge in [0.1, 0.15) is 0 Å². The van der Waals surface area contributed by atoms with Crippen molar-refractivity contribution in [3.63, 3.8) is 0 Å². The highest BCUT2D eigenvalue weighted by atomic mass is 19.4. The molecule has 0 aromatic rings. The predicted molar refractivity (Wildman–Crippen MR) is 63.7 cm³/mol. The number of nitrogens with zero attached hydrogens (tertiary/aromatic N) is 1. The summed E-state index contributed by atoms with van der Waals surface area (Å²) in [6, 6.07) is 0.0582. The van der Waals surface area contributed by atoms with Crippen LogP contribution in [0.3, 0.4) is 0 Å². The van der Waals surface area contributed by atoms with Crippen LogP contribution in [0.15, 0.2) is 0 Å². The summed E-state index contributed by atoms with van der Waals surface area (Å²) in [4.78, 5) is 13.2. The SMILES string of the molecule is CC1C(C(=O)O)CCN1C1CCC(C(F)(F)F)CC1. The molecule has 0 amide bonds. The first-order valence-electron chi connectivity index (χ1n) is 6.86. The van der Waals surface area contributed by atoms with E-state index in [9.17, 15) is 18.0 Å². The third-order valence-corrected chi connectivity index (χ3v) is 4.75. The standard InChI is InChI=1S/C13H20F3NO2/c1-8-11(12(18)19)6-7-17(8)10-4-2-9(3-5-10)13(14,15)16/h8-11H,2-7H2,1H3,(H,18,19). The summed E-state index contributed by atoms with van der Waals surface area (Å²) in [6.45, 7) is 2.57. The van der Waals surface area contributed by atoms with Gasteiger partial charge in [0.2, 0.25) is 0 Å². The van der Waals surface area contributed by atoms with Gasteiger partial charge in [0.25, 0.3) is 0 Å². The van der Waals surface area contributed by atoms with Crippen LogP contribution < -0.4 is 0 Å². The number of aliphatic carboxylic acids is 1. The minimum atomic E-state index is -4.08. The van der Waals surface area contributed by atoms with Crippen LogP contribution in [0.4, 0.5) is 13.2 Å². The summed E-state index contributed by atoms with van der Waals surface area (Å²) in [5.74, 6) is -2.34. The molecule has 0 bridgehead atoms. The maximum absolute atomic E-state index is 12.6. The van der Waals surface area contributed by atoms with Gasteiger partial charge in [-0.3, -0.25) is 9.69 Å². The summed E-state index contributed by atoms with van der Waals surface area (Å²) >= 11 is 0. The minimum Gasteiger partial charge on any atom is -0.481 e. The highest BCUT2D eigenvalue weighted by Gasteiger charge is 2.45. The van der Waals surface area contributed by atoms with Crippen LogP contribution in [0.1, 0.15) is 39.0 Å². The second kappa shape index (κ2) is 5.31. The lowest BCUT2D eigenvalue weighted by molar-refractivity contribution is -0.184. The fraction of sp³-hybridized carbons (Fsp3) is 0.923. The molecule has 19 heavy (non-hydrogen) atoms. The van der Waals surface area contributed by atoms with Gasteiger partial charge in [0.05, 0.1) is 11.8 Å². The maximum atomic E-state index is 12.6. The van der Waals surface area contributed by atoms with E-state index in [0.29, 0.717) is 25.8 Å². The normalized spacial score (nSPS) is 37.5. The molecule has 2 rings (SSSR count). The van der Waals surface area contributed by atoms with Crippen LogP contribution in [0.2, 0.25) is 0 Å². The lowest BCUT2D eigenvalue weighted by atomic mass is 9.84. The second-order valence-corrected chi connectivity index (χ2v) is 5.76. The first-order valence-corrected chi connectivity index (χ1v) is 6.86. The number of rotatable bonds is 2. The van der Waals surface area contributed by atoms with E-state index in [1.165, 1.54) is 0 Å². The van der Waals surface area contributed by atoms with Crippen LogP contribution in [0.5, 0.6) is 0 Å². The van der Waals surface area contributed by atoms with E-state index in [4.69, 9.17) is 5.11 Å². The van der Waals surface area contributed by atoms with E-state index in [2.05, 4.69) is 4.90 Å². The quantitative estimate of drug-likeness (QED) is 0.845. The molecule has 2 fully saturated rings. The molecule has 1 aliphatic carbocycles. The van der Waals surface area contributed by atoms with E-state index in [0.717, 1.165) is 0 Å². The van der Waals surface area contributed by atoms with Crippen molar-refractivity contribution in [2.75, 3.05) is 6.54 Å². The lowest BCUT2D eigenvalue weighted by Crippen LogP contribution is -2.43. The Bertz CT molecular complexity index is 337. The summed E-state index contributed by atoms with van der Waals surface area (Å²) in [5.41, 5.74) is 0. The number of hydrogen-bond donors (Lipinski definition) is 1. The molecule has 1 saturated heterocycles. The molecule has 1 saturated carbocycles. The average molecular weight is 279 g/mol. The molecule has 0 aromatic heterocycles. The fourth-order valence-electron chi connectivity index (χ4n) is 3.54. The van der Waals surface area contributed by atoms with Gasteiger partial charge < -0.3 is 5.11 Å². The molecular formula is C13H20F3NO2. The largest absolute Gasteiger partial charge is 0.481 e. The Balaban J connectivity index is 1.91. The number of halogens is 3. The van der Waals surface area contributed by atoms with E-state index >= 15 is 0 Å². The van der Waals surface area contributed by atoms with Crippen molar-refractivity contribution < 1.29 is 23.1 Å². The van der Waals surface area contributed by atoms with E-state index in [1.54, 1.807) is 0 Å². The molecule has 6 heteroatoms. The van der Waals surface area contributed by atoms with Crippen LogP contribution in [0.25, 0.3) is 0 Å². The molecule has 2 atom stereocenters. The van der Waals surface area contributed by atoms with Crippen LogP contribution >= 0.6 is 0 Å². The van der Waals surface area contributed by atoms with Crippen molar-refractivity contribution in [3.8, 4) is 0 Å². The number of hydrogen-bond acceptors (Lipinski definition) is 2. The Hall–Kier alpha value is -0.780. The molecule has 2 unspecified atom stereocenters. The summed E-state index contributed by atoms with van der Waals surface area (Å²) < 4.78 is 37.8. The first-order chi connectivity index (χ1) is 8.80. The molecule has 3 nitrogen and oxygen atoms in total. The zero-order chi connectivity index (χ0) is 14.2. The van der Waals surface area contributed by atoms with Gasteiger partial charge in [-0.1, -0.05) is 0 Å². The zero-order valence-electron chi connectivity index (χ0n) is 11.0. The van der Waals surface area contributed by atoms with E-state index in [-0.39, 0.29) is 30.8 Å². The third-order valence-electron chi connectivity index (χ3n) is 4.75. The van der Waals surface area contributed by atoms with Gasteiger partial charge in [-0.25, -0.2) is 0 Å². The molecule has 1 N–H and O–H groups in total. The maximum Gasteiger partial charge on any atom is 0.391 e. The van der Waals surface area contributed by atoms with Crippen molar-refractivity contribution in [2.24, 2.45) is 11.8 Å². The lowest BCUT2D eigenvalue weighted by Gasteiger charge is -2.37. The number of carboxylic acids is 1. The molecule has 110 valence electrons. The number of carbonyl (C=O) groups is 1. The smallest absolute Gasteiger partial charge is 0.391 e. The summed E-state index contributed by atoms with van der Waals surface area (Å²) in [5, 5.41) is 9.07. The van der Waals surface area contributed by atoms with Crippen LogP contribution in [-0.2, 0) is 4.79 Å². The highest BCUT2D eigenvalue weighted by molar-refractivity contribution is 5.71. The fourth-order valence-corrected chi connectivity index (χ4v) is 3.54. The summed E-state index contributed by atoms with van der Waals surface area (Å²) in [6.07, 6.45) is -2.06. The molecule has 2 aliphatic rings. The Kier molecular flexibility index (Phi) is 4.08. The van der Waals surface area contributed by atoms with Gasteiger partial charge in [-0.05, 0) is 45.6 Å². The van der Waals surface area contributed by atoms with E-state index < -0.39 is 18.1 Å². The van der Waals surface area contributed by atoms with Crippen LogP contribution in [-0.4, -0.2) is 40.8 Å². The number of likely N-dealkylation sites (tertiary alicyclic amines) is 1. The van der Waals surface area contributed by atoms with E-state index in [1.807, 2.05) is 6.92 Å². The zero-order valence-corrected chi connectivity index (χ0v) is 11.0. The van der Waals surface area contributed by atoms with Gasteiger partial charge in [0, 0.05) is 12.1 Å². The predicted octanol–water partition coefficient (Wildman–Crippen LogP) is 2.90. The molecule has 1 aliphatic heterocycles. The second-order valence-electron chi connectivity index (χ2n) is 5.76. The van der Waals surface area contributed by atoms with Gasteiger partial charge >= 0.3 is 12.1 Å². The van der Waals surface area contributed by atoms with Gasteiger partial charge in [-0.15, -0.1) is 0 Å². The Morgan fingerprint density at radius 3 is 2.16 bits per heavy atom. The Labute approximate surface area is 110 Å². The highest BCUT2D eigenvalue weighted by Crippen LogP contribution is 2.40. The number of carboxylic acid groups (broad SMARTS) is 1. The monoisotopic (exact) mass is 279 g/mol. The summed E-state index contributed by atoms with van der Waals surface area (Å²) in [7, 11) is 0. The molecule has 0 aromatic carbocycles. The van der Waals surface area contributed by atoms with Crippen molar-refractivity contribution in [2.45, 2.75) is 57.3 Å². The Morgan fingerprint density at radius 2 is 1.74 bits per heavy atom. The number of alkyl halides is 3.